The number of aromatic nitrogens is 2. The Kier molecular flexibility index (Phi) is 7.02. The van der Waals surface area contributed by atoms with Gasteiger partial charge in [0, 0.05) is 40.0 Å². The molecule has 2 aromatic heterocycles. The van der Waals surface area contributed by atoms with E-state index in [2.05, 4.69) is 0 Å². The Labute approximate surface area is 184 Å². The number of anilines is 2. The molecule has 10 heteroatoms. The first-order chi connectivity index (χ1) is 14.3. The van der Waals surface area contributed by atoms with Crippen molar-refractivity contribution in [3.05, 3.63) is 12.1 Å². The summed E-state index contributed by atoms with van der Waals surface area (Å²) in [7, 11) is 0. The van der Waals surface area contributed by atoms with Crippen molar-refractivity contribution in [3.63, 3.8) is 0 Å². The standard InChI is InChI=1S/C20H28N6O2S2/c1-7-23(8-2)25(13(5)27)19-21-15-11-16-18(12-17(15)29-19)30-20(22-16)26(14(6)28)24(9-3)10-4/h11-12H,7-10H2,1-6H3. The molecule has 2 amide bonds. The van der Waals surface area contributed by atoms with Crippen LogP contribution in [0.15, 0.2) is 12.1 Å². The fourth-order valence-electron chi connectivity index (χ4n) is 3.43. The van der Waals surface area contributed by atoms with Crippen molar-refractivity contribution in [2.75, 3.05) is 36.2 Å². The van der Waals surface area contributed by atoms with Gasteiger partial charge in [-0.25, -0.2) is 30.0 Å². The highest BCUT2D eigenvalue weighted by Gasteiger charge is 2.24. The van der Waals surface area contributed by atoms with E-state index in [9.17, 15) is 9.59 Å². The quantitative estimate of drug-likeness (QED) is 0.483. The minimum absolute atomic E-state index is 0.0590. The minimum Gasteiger partial charge on any atom is -0.273 e. The summed E-state index contributed by atoms with van der Waals surface area (Å²) in [5, 5.41) is 8.55. The summed E-state index contributed by atoms with van der Waals surface area (Å²) in [5.74, 6) is -0.118. The van der Waals surface area contributed by atoms with Gasteiger partial charge in [-0.1, -0.05) is 50.4 Å². The summed E-state index contributed by atoms with van der Waals surface area (Å²) in [5.41, 5.74) is 1.60. The molecule has 0 aliphatic carbocycles. The number of fused-ring (bicyclic) bond motifs is 2. The molecule has 0 saturated carbocycles. The number of hydrogen-bond acceptors (Lipinski definition) is 8. The molecule has 8 nitrogen and oxygen atoms in total. The van der Waals surface area contributed by atoms with Gasteiger partial charge in [-0.15, -0.1) is 0 Å². The second-order valence-corrected chi connectivity index (χ2v) is 8.74. The first-order valence-electron chi connectivity index (χ1n) is 10.2. The molecular weight excluding hydrogens is 420 g/mol. The van der Waals surface area contributed by atoms with Crippen LogP contribution in [-0.2, 0) is 9.59 Å². The molecule has 0 spiro atoms. The molecule has 162 valence electrons. The van der Waals surface area contributed by atoms with Gasteiger partial charge in [0.05, 0.1) is 20.4 Å². The maximum atomic E-state index is 12.3. The first-order valence-corrected chi connectivity index (χ1v) is 11.8. The Morgan fingerprint density at radius 2 is 1.10 bits per heavy atom. The van der Waals surface area contributed by atoms with E-state index in [-0.39, 0.29) is 11.8 Å². The van der Waals surface area contributed by atoms with Crippen molar-refractivity contribution in [2.24, 2.45) is 0 Å². The molecule has 1 aromatic carbocycles. The van der Waals surface area contributed by atoms with Crippen LogP contribution in [0.5, 0.6) is 0 Å². The lowest BCUT2D eigenvalue weighted by Gasteiger charge is -2.30. The molecular formula is C20H28N6O2S2. The Hall–Kier alpha value is -2.14. The van der Waals surface area contributed by atoms with E-state index < -0.39 is 0 Å². The summed E-state index contributed by atoms with van der Waals surface area (Å²) in [6, 6.07) is 3.99. The number of thiazole rings is 2. The van der Waals surface area contributed by atoms with Gasteiger partial charge < -0.3 is 0 Å². The summed E-state index contributed by atoms with van der Waals surface area (Å²) in [6.45, 7) is 14.1. The number of carbonyl (C=O) groups is 2. The monoisotopic (exact) mass is 448 g/mol. The second-order valence-electron chi connectivity index (χ2n) is 6.72. The Balaban J connectivity index is 2.05. The van der Waals surface area contributed by atoms with E-state index in [4.69, 9.17) is 9.97 Å². The molecule has 0 aliphatic heterocycles. The number of benzene rings is 1. The number of nitrogens with zero attached hydrogens (tertiary/aromatic N) is 6. The predicted octanol–water partition coefficient (Wildman–Crippen LogP) is 4.13. The average Bonchev–Trinajstić information content (AvgIpc) is 3.29. The van der Waals surface area contributed by atoms with Crippen LogP contribution >= 0.6 is 22.7 Å². The van der Waals surface area contributed by atoms with Crippen molar-refractivity contribution in [3.8, 4) is 0 Å². The number of hydrogen-bond donors (Lipinski definition) is 0. The van der Waals surface area contributed by atoms with Gasteiger partial charge in [0.1, 0.15) is 0 Å². The fraction of sp³-hybridized carbons (Fsp3) is 0.500. The Bertz CT molecular complexity index is 924. The van der Waals surface area contributed by atoms with Crippen molar-refractivity contribution in [1.82, 2.24) is 20.0 Å². The molecule has 0 N–H and O–H groups in total. The molecule has 30 heavy (non-hydrogen) atoms. The molecule has 0 atom stereocenters. The van der Waals surface area contributed by atoms with E-state index in [0.717, 1.165) is 46.6 Å². The van der Waals surface area contributed by atoms with Crippen LogP contribution < -0.4 is 10.0 Å². The molecule has 3 aromatic rings. The maximum absolute atomic E-state index is 12.3. The lowest BCUT2D eigenvalue weighted by molar-refractivity contribution is -0.120. The van der Waals surface area contributed by atoms with Gasteiger partial charge >= 0.3 is 0 Å². The third-order valence-corrected chi connectivity index (χ3v) is 6.85. The third-order valence-electron chi connectivity index (χ3n) is 4.86. The van der Waals surface area contributed by atoms with Gasteiger partial charge in [0.15, 0.2) is 0 Å². The van der Waals surface area contributed by atoms with Gasteiger partial charge in [-0.05, 0) is 12.1 Å². The van der Waals surface area contributed by atoms with Gasteiger partial charge in [0.25, 0.3) is 0 Å². The zero-order valence-electron chi connectivity index (χ0n) is 18.3. The molecule has 0 saturated heterocycles. The smallest absolute Gasteiger partial charge is 0.240 e. The minimum atomic E-state index is -0.0590. The van der Waals surface area contributed by atoms with Crippen molar-refractivity contribution >= 4 is 65.2 Å². The zero-order chi connectivity index (χ0) is 22.0. The van der Waals surface area contributed by atoms with Gasteiger partial charge in [-0.2, -0.15) is 0 Å². The van der Waals surface area contributed by atoms with E-state index in [1.807, 2.05) is 49.8 Å². The summed E-state index contributed by atoms with van der Waals surface area (Å²) in [6.07, 6.45) is 0. The third kappa shape index (κ3) is 4.18. The van der Waals surface area contributed by atoms with Gasteiger partial charge in [0.2, 0.25) is 22.1 Å². The van der Waals surface area contributed by atoms with Crippen LogP contribution in [0, 0.1) is 0 Å². The van der Waals surface area contributed by atoms with Crippen molar-refractivity contribution < 1.29 is 9.59 Å². The SMILES string of the molecule is CCN(CC)N(C(C)=O)c1nc2cc3nc(N(C(C)=O)N(CC)CC)sc3cc2s1. The highest BCUT2D eigenvalue weighted by Crippen LogP contribution is 2.37. The highest BCUT2D eigenvalue weighted by atomic mass is 32.1. The number of hydrazine groups is 2. The molecule has 0 bridgehead atoms. The highest BCUT2D eigenvalue weighted by molar-refractivity contribution is 7.24. The lowest BCUT2D eigenvalue weighted by Crippen LogP contribution is -2.45. The molecule has 2 heterocycles. The molecule has 0 unspecified atom stereocenters. The zero-order valence-corrected chi connectivity index (χ0v) is 19.9. The van der Waals surface area contributed by atoms with Crippen LogP contribution in [0.2, 0.25) is 0 Å². The number of amides is 2. The first kappa shape index (κ1) is 22.5. The van der Waals surface area contributed by atoms with Crippen LogP contribution in [0.3, 0.4) is 0 Å². The van der Waals surface area contributed by atoms with E-state index in [1.54, 1.807) is 23.9 Å². The summed E-state index contributed by atoms with van der Waals surface area (Å²) < 4.78 is 1.98. The summed E-state index contributed by atoms with van der Waals surface area (Å²) in [4.78, 5) is 34.0. The van der Waals surface area contributed by atoms with E-state index >= 15 is 0 Å². The largest absolute Gasteiger partial charge is 0.273 e. The molecule has 0 fully saturated rings. The van der Waals surface area contributed by atoms with Gasteiger partial charge in [-0.3, -0.25) is 9.59 Å². The normalized spacial score (nSPS) is 11.7. The van der Waals surface area contributed by atoms with Crippen LogP contribution in [-0.4, -0.2) is 58.0 Å². The predicted molar refractivity (Wildman–Crippen MR) is 125 cm³/mol. The Morgan fingerprint density at radius 3 is 1.40 bits per heavy atom. The molecule has 0 aliphatic rings. The number of carbonyl (C=O) groups excluding carboxylic acids is 2. The fourth-order valence-corrected chi connectivity index (χ4v) is 5.62. The maximum Gasteiger partial charge on any atom is 0.240 e. The van der Waals surface area contributed by atoms with Crippen LogP contribution in [0.1, 0.15) is 41.5 Å². The van der Waals surface area contributed by atoms with E-state index in [0.29, 0.717) is 10.3 Å². The lowest BCUT2D eigenvalue weighted by atomic mass is 10.3. The molecule has 3 rings (SSSR count). The van der Waals surface area contributed by atoms with Crippen LogP contribution in [0.25, 0.3) is 20.4 Å². The topological polar surface area (TPSA) is 72.9 Å². The van der Waals surface area contributed by atoms with Crippen LogP contribution in [0.4, 0.5) is 10.3 Å². The van der Waals surface area contributed by atoms with Crippen molar-refractivity contribution in [2.45, 2.75) is 41.5 Å². The molecule has 0 radical (unpaired) electrons. The number of rotatable bonds is 8. The second kappa shape index (κ2) is 9.34. The summed E-state index contributed by atoms with van der Waals surface area (Å²) >= 11 is 2.97. The van der Waals surface area contributed by atoms with Crippen molar-refractivity contribution in [1.29, 1.82) is 0 Å². The Morgan fingerprint density at radius 1 is 0.733 bits per heavy atom. The van der Waals surface area contributed by atoms with E-state index in [1.165, 1.54) is 22.7 Å². The average molecular weight is 449 g/mol.